The zero-order valence-corrected chi connectivity index (χ0v) is 22.3. The third-order valence-electron chi connectivity index (χ3n) is 8.01. The highest BCUT2D eigenvalue weighted by molar-refractivity contribution is 7.10. The fourth-order valence-electron chi connectivity index (χ4n) is 5.98. The van der Waals surface area contributed by atoms with Crippen LogP contribution in [0.4, 0.5) is 4.79 Å². The molecule has 1 aliphatic carbocycles. The number of hydrogen-bond donors (Lipinski definition) is 1. The van der Waals surface area contributed by atoms with Crippen molar-refractivity contribution in [2.75, 3.05) is 39.8 Å². The molecule has 0 spiro atoms. The van der Waals surface area contributed by atoms with Gasteiger partial charge in [0.1, 0.15) is 5.75 Å². The predicted octanol–water partition coefficient (Wildman–Crippen LogP) is 4.28. The number of rotatable bonds is 5. The molecule has 8 heteroatoms. The summed E-state index contributed by atoms with van der Waals surface area (Å²) in [4.78, 5) is 34.0. The van der Waals surface area contributed by atoms with Crippen LogP contribution in [-0.2, 0) is 11.2 Å². The third kappa shape index (κ3) is 5.39. The van der Waals surface area contributed by atoms with E-state index in [1.54, 1.807) is 18.4 Å². The van der Waals surface area contributed by atoms with Gasteiger partial charge in [-0.1, -0.05) is 31.4 Å². The Kier molecular flexibility index (Phi) is 7.82. The molecular formula is C28H38N4O3S. The van der Waals surface area contributed by atoms with E-state index in [4.69, 9.17) is 4.74 Å². The van der Waals surface area contributed by atoms with Gasteiger partial charge in [0.15, 0.2) is 0 Å². The molecule has 3 heterocycles. The van der Waals surface area contributed by atoms with Crippen molar-refractivity contribution in [3.05, 3.63) is 51.7 Å². The van der Waals surface area contributed by atoms with E-state index in [1.165, 1.54) is 35.3 Å². The minimum atomic E-state index is 0.00788. The van der Waals surface area contributed by atoms with E-state index < -0.39 is 0 Å². The maximum absolute atomic E-state index is 13.5. The van der Waals surface area contributed by atoms with E-state index >= 15 is 0 Å². The lowest BCUT2D eigenvalue weighted by Gasteiger charge is -2.42. The molecule has 3 amide bonds. The Labute approximate surface area is 218 Å². The van der Waals surface area contributed by atoms with Gasteiger partial charge >= 0.3 is 6.03 Å². The van der Waals surface area contributed by atoms with Gasteiger partial charge < -0.3 is 19.9 Å². The zero-order valence-electron chi connectivity index (χ0n) is 21.4. The first-order chi connectivity index (χ1) is 17.5. The summed E-state index contributed by atoms with van der Waals surface area (Å²) >= 11 is 1.81. The second-order valence-corrected chi connectivity index (χ2v) is 11.4. The smallest absolute Gasteiger partial charge is 0.317 e. The molecule has 194 valence electrons. The van der Waals surface area contributed by atoms with Gasteiger partial charge in [0.05, 0.1) is 19.7 Å². The fraction of sp³-hybridized carbons (Fsp3) is 0.571. The molecule has 2 fully saturated rings. The molecule has 36 heavy (non-hydrogen) atoms. The van der Waals surface area contributed by atoms with Crippen molar-refractivity contribution in [1.29, 1.82) is 0 Å². The van der Waals surface area contributed by atoms with Gasteiger partial charge in [0.2, 0.25) is 5.91 Å². The molecule has 1 aromatic heterocycles. The minimum Gasteiger partial charge on any atom is -0.497 e. The van der Waals surface area contributed by atoms with Crippen LogP contribution in [0.1, 0.15) is 61.1 Å². The van der Waals surface area contributed by atoms with Crippen molar-refractivity contribution in [1.82, 2.24) is 20.0 Å². The summed E-state index contributed by atoms with van der Waals surface area (Å²) in [6.07, 6.45) is 6.80. The molecule has 1 saturated heterocycles. The van der Waals surface area contributed by atoms with E-state index in [9.17, 15) is 9.59 Å². The van der Waals surface area contributed by atoms with Crippen LogP contribution in [-0.4, -0.2) is 78.6 Å². The second kappa shape index (κ2) is 11.2. The van der Waals surface area contributed by atoms with Crippen LogP contribution in [0, 0.1) is 0 Å². The van der Waals surface area contributed by atoms with Gasteiger partial charge in [-0.05, 0) is 60.9 Å². The summed E-state index contributed by atoms with van der Waals surface area (Å²) in [7, 11) is 1.68. The number of hydrogen-bond acceptors (Lipinski definition) is 5. The maximum atomic E-state index is 13.5. The van der Waals surface area contributed by atoms with Crippen LogP contribution in [0.25, 0.3) is 0 Å². The Hall–Kier alpha value is -2.58. The summed E-state index contributed by atoms with van der Waals surface area (Å²) in [5.74, 6) is 0.980. The quantitative estimate of drug-likeness (QED) is 0.652. The second-order valence-electron chi connectivity index (χ2n) is 10.4. The molecule has 0 radical (unpaired) electrons. The minimum absolute atomic E-state index is 0.00788. The van der Waals surface area contributed by atoms with E-state index in [-0.39, 0.29) is 24.0 Å². The molecule has 2 atom stereocenters. The number of nitrogens with one attached hydrogen (secondary N) is 1. The Balaban J connectivity index is 1.22. The van der Waals surface area contributed by atoms with E-state index in [1.807, 2.05) is 21.9 Å². The zero-order chi connectivity index (χ0) is 25.1. The molecule has 1 saturated carbocycles. The van der Waals surface area contributed by atoms with E-state index in [0.29, 0.717) is 32.2 Å². The first-order valence-electron chi connectivity index (χ1n) is 13.3. The van der Waals surface area contributed by atoms with Crippen molar-refractivity contribution in [3.63, 3.8) is 0 Å². The normalized spacial score (nSPS) is 23.3. The summed E-state index contributed by atoms with van der Waals surface area (Å²) in [5, 5.41) is 5.39. The first kappa shape index (κ1) is 25.1. The van der Waals surface area contributed by atoms with Gasteiger partial charge in [-0.2, -0.15) is 0 Å². The number of nitrogens with zero attached hydrogens (tertiary/aromatic N) is 3. The van der Waals surface area contributed by atoms with Crippen LogP contribution in [0.3, 0.4) is 0 Å². The molecule has 1 N–H and O–H groups in total. The summed E-state index contributed by atoms with van der Waals surface area (Å²) in [5.41, 5.74) is 2.49. The van der Waals surface area contributed by atoms with E-state index in [2.05, 4.69) is 40.7 Å². The average molecular weight is 511 g/mol. The van der Waals surface area contributed by atoms with Crippen molar-refractivity contribution < 1.29 is 14.3 Å². The van der Waals surface area contributed by atoms with Crippen LogP contribution in [0.15, 0.2) is 35.7 Å². The molecule has 3 aliphatic rings. The highest BCUT2D eigenvalue weighted by atomic mass is 32.1. The Morgan fingerprint density at radius 3 is 2.56 bits per heavy atom. The monoisotopic (exact) mass is 510 g/mol. The number of carbonyl (C=O) groups excluding carboxylic acids is 2. The predicted molar refractivity (Wildman–Crippen MR) is 143 cm³/mol. The van der Waals surface area contributed by atoms with Gasteiger partial charge in [-0.3, -0.25) is 9.69 Å². The average Bonchev–Trinajstić information content (AvgIpc) is 3.38. The highest BCUT2D eigenvalue weighted by Crippen LogP contribution is 2.38. The first-order valence-corrected chi connectivity index (χ1v) is 14.2. The highest BCUT2D eigenvalue weighted by Gasteiger charge is 2.35. The SMILES string of the molecule is COc1ccc([C@@H]2c3ccsc3CCN2CC(=O)N2CCN(C(=O)NC3CCCCC3)[C@H](C)C2)cc1. The van der Waals surface area contributed by atoms with Gasteiger partial charge in [0, 0.05) is 43.1 Å². The topological polar surface area (TPSA) is 65.1 Å². The summed E-state index contributed by atoms with van der Waals surface area (Å²) in [6.45, 7) is 5.05. The van der Waals surface area contributed by atoms with Crippen LogP contribution >= 0.6 is 11.3 Å². The molecule has 7 nitrogen and oxygen atoms in total. The number of methoxy groups -OCH3 is 1. The van der Waals surface area contributed by atoms with Crippen molar-refractivity contribution >= 4 is 23.3 Å². The number of piperazine rings is 1. The maximum Gasteiger partial charge on any atom is 0.317 e. The van der Waals surface area contributed by atoms with Crippen molar-refractivity contribution in [3.8, 4) is 5.75 Å². The van der Waals surface area contributed by atoms with Gasteiger partial charge in [0.25, 0.3) is 0 Å². The van der Waals surface area contributed by atoms with Crippen LogP contribution in [0.5, 0.6) is 5.75 Å². The number of ether oxygens (including phenoxy) is 1. The number of urea groups is 1. The number of fused-ring (bicyclic) bond motifs is 1. The third-order valence-corrected chi connectivity index (χ3v) is 9.01. The summed E-state index contributed by atoms with van der Waals surface area (Å²) in [6, 6.07) is 10.8. The number of thiophene rings is 1. The molecule has 2 aliphatic heterocycles. The van der Waals surface area contributed by atoms with Crippen LogP contribution < -0.4 is 10.1 Å². The van der Waals surface area contributed by atoms with Crippen LogP contribution in [0.2, 0.25) is 0 Å². The molecule has 2 aromatic rings. The lowest BCUT2D eigenvalue weighted by atomic mass is 9.93. The number of carbonyl (C=O) groups is 2. The number of amides is 3. The van der Waals surface area contributed by atoms with Gasteiger partial charge in [-0.15, -0.1) is 11.3 Å². The largest absolute Gasteiger partial charge is 0.497 e. The molecule has 0 bridgehead atoms. The van der Waals surface area contributed by atoms with Gasteiger partial charge in [-0.25, -0.2) is 4.79 Å². The summed E-state index contributed by atoms with van der Waals surface area (Å²) < 4.78 is 5.35. The molecular weight excluding hydrogens is 472 g/mol. The fourth-order valence-corrected chi connectivity index (χ4v) is 6.88. The Morgan fingerprint density at radius 2 is 1.83 bits per heavy atom. The standard InChI is InChI=1S/C28H38N4O3S/c1-20-18-30(15-16-32(20)28(34)29-22-6-4-3-5-7-22)26(33)19-31-14-12-25-24(13-17-36-25)27(31)21-8-10-23(35-2)11-9-21/h8-11,13,17,20,22,27H,3-7,12,14-16,18-19H2,1-2H3,(H,29,34)/t20-,27-/m1/s1. The Bertz CT molecular complexity index is 1050. The number of benzene rings is 1. The lowest BCUT2D eigenvalue weighted by Crippen LogP contribution is -2.59. The molecule has 1 aromatic carbocycles. The van der Waals surface area contributed by atoms with Crippen molar-refractivity contribution in [2.24, 2.45) is 0 Å². The van der Waals surface area contributed by atoms with E-state index in [0.717, 1.165) is 31.6 Å². The molecule has 5 rings (SSSR count). The van der Waals surface area contributed by atoms with Crippen molar-refractivity contribution in [2.45, 2.75) is 63.6 Å². The lowest BCUT2D eigenvalue weighted by molar-refractivity contribution is -0.135. The Morgan fingerprint density at radius 1 is 1.06 bits per heavy atom. The molecule has 0 unspecified atom stereocenters.